The molecule has 0 saturated heterocycles. The molecule has 2 aromatic heterocycles. The Morgan fingerprint density at radius 1 is 1.24 bits per heavy atom. The molecule has 4 rings (SSSR count). The van der Waals surface area contributed by atoms with Crippen molar-refractivity contribution in [2.24, 2.45) is 5.92 Å². The third kappa shape index (κ3) is 5.64. The maximum absolute atomic E-state index is 13.2. The maximum Gasteiger partial charge on any atom is 0.341 e. The number of thiophene rings is 1. The molecule has 6 nitrogen and oxygen atoms in total. The minimum atomic E-state index is -0.381. The quantitative estimate of drug-likeness (QED) is 0.241. The summed E-state index contributed by atoms with van der Waals surface area (Å²) in [4.78, 5) is 35.3. The molecule has 9 heteroatoms. The Kier molecular flexibility index (Phi) is 7.95. The van der Waals surface area contributed by atoms with Crippen molar-refractivity contribution in [2.75, 3.05) is 17.7 Å². The Morgan fingerprint density at radius 2 is 2.03 bits per heavy atom. The number of carbonyl (C=O) groups is 2. The van der Waals surface area contributed by atoms with Gasteiger partial charge in [0.1, 0.15) is 10.8 Å². The molecule has 178 valence electrons. The van der Waals surface area contributed by atoms with Crippen molar-refractivity contribution in [2.45, 2.75) is 44.7 Å². The number of nitrogens with zero attached hydrogens (tertiary/aromatic N) is 2. The van der Waals surface area contributed by atoms with Gasteiger partial charge in [0.25, 0.3) is 0 Å². The van der Waals surface area contributed by atoms with E-state index >= 15 is 0 Å². The van der Waals surface area contributed by atoms with Gasteiger partial charge in [-0.05, 0) is 68.0 Å². The van der Waals surface area contributed by atoms with E-state index in [1.807, 2.05) is 0 Å². The first kappa shape index (κ1) is 24.3. The number of anilines is 1. The number of aromatic nitrogens is 2. The van der Waals surface area contributed by atoms with Crippen molar-refractivity contribution in [1.29, 1.82) is 0 Å². The van der Waals surface area contributed by atoms with Crippen molar-refractivity contribution in [3.8, 4) is 11.3 Å². The van der Waals surface area contributed by atoms with Crippen LogP contribution in [-0.2, 0) is 22.4 Å². The van der Waals surface area contributed by atoms with Gasteiger partial charge in [0.2, 0.25) is 5.91 Å². The average molecular weight is 500 g/mol. The van der Waals surface area contributed by atoms with Gasteiger partial charge < -0.3 is 10.1 Å². The lowest BCUT2D eigenvalue weighted by atomic mass is 9.85. The van der Waals surface area contributed by atoms with E-state index in [-0.39, 0.29) is 30.1 Å². The van der Waals surface area contributed by atoms with Gasteiger partial charge >= 0.3 is 5.97 Å². The van der Waals surface area contributed by atoms with Crippen LogP contribution in [0.5, 0.6) is 0 Å². The average Bonchev–Trinajstić information content (AvgIpc) is 3.20. The molecule has 0 aliphatic heterocycles. The van der Waals surface area contributed by atoms with Gasteiger partial charge in [-0.25, -0.2) is 19.2 Å². The zero-order valence-electron chi connectivity index (χ0n) is 19.1. The molecule has 1 aliphatic carbocycles. The van der Waals surface area contributed by atoms with Crippen LogP contribution in [0.2, 0.25) is 0 Å². The van der Waals surface area contributed by atoms with Crippen molar-refractivity contribution >= 4 is 40.0 Å². The van der Waals surface area contributed by atoms with Gasteiger partial charge in [0.05, 0.1) is 23.6 Å². The molecule has 1 amide bonds. The molecule has 2 heterocycles. The van der Waals surface area contributed by atoms with E-state index < -0.39 is 0 Å². The number of thioether (sulfide) groups is 1. The minimum absolute atomic E-state index is 0.0925. The van der Waals surface area contributed by atoms with Gasteiger partial charge in [-0.2, -0.15) is 0 Å². The second kappa shape index (κ2) is 11.1. The van der Waals surface area contributed by atoms with E-state index in [0.717, 1.165) is 36.8 Å². The Balaban J connectivity index is 1.46. The highest BCUT2D eigenvalue weighted by molar-refractivity contribution is 7.99. The number of ether oxygens (including phenoxy) is 1. The number of hydrogen-bond acceptors (Lipinski definition) is 7. The highest BCUT2D eigenvalue weighted by atomic mass is 32.2. The van der Waals surface area contributed by atoms with Gasteiger partial charge in [-0.15, -0.1) is 11.3 Å². The fourth-order valence-electron chi connectivity index (χ4n) is 3.99. The normalized spacial score (nSPS) is 15.0. The minimum Gasteiger partial charge on any atom is -0.462 e. The van der Waals surface area contributed by atoms with E-state index in [0.29, 0.717) is 27.3 Å². The van der Waals surface area contributed by atoms with Gasteiger partial charge in [0, 0.05) is 16.6 Å². The van der Waals surface area contributed by atoms with Crippen LogP contribution in [0.25, 0.3) is 11.3 Å². The first-order valence-electron chi connectivity index (χ1n) is 11.3. The Bertz CT molecular complexity index is 1180. The van der Waals surface area contributed by atoms with E-state index in [9.17, 15) is 14.0 Å². The van der Waals surface area contributed by atoms with Crippen LogP contribution in [0.4, 0.5) is 9.39 Å². The predicted octanol–water partition coefficient (Wildman–Crippen LogP) is 5.77. The highest BCUT2D eigenvalue weighted by Crippen LogP contribution is 2.41. The van der Waals surface area contributed by atoms with Crippen LogP contribution in [-0.4, -0.2) is 34.2 Å². The molecule has 0 fully saturated rings. The molecule has 0 radical (unpaired) electrons. The summed E-state index contributed by atoms with van der Waals surface area (Å²) < 4.78 is 18.5. The molecule has 0 saturated carbocycles. The molecule has 1 aliphatic rings. The van der Waals surface area contributed by atoms with Crippen molar-refractivity contribution in [3.63, 3.8) is 0 Å². The lowest BCUT2D eigenvalue weighted by Crippen LogP contribution is -2.18. The number of amides is 1. The van der Waals surface area contributed by atoms with Crippen LogP contribution in [0.1, 0.15) is 47.5 Å². The molecular formula is C25H26FN3O3S2. The van der Waals surface area contributed by atoms with Crippen LogP contribution in [0.3, 0.4) is 0 Å². The lowest BCUT2D eigenvalue weighted by molar-refractivity contribution is -0.113. The molecular weight excluding hydrogens is 473 g/mol. The number of esters is 1. The summed E-state index contributed by atoms with van der Waals surface area (Å²) in [6, 6.07) is 7.79. The third-order valence-electron chi connectivity index (χ3n) is 5.78. The van der Waals surface area contributed by atoms with Crippen LogP contribution < -0.4 is 5.32 Å². The van der Waals surface area contributed by atoms with Crippen molar-refractivity contribution in [3.05, 3.63) is 58.3 Å². The second-order valence-electron chi connectivity index (χ2n) is 8.01. The van der Waals surface area contributed by atoms with Crippen LogP contribution >= 0.6 is 23.1 Å². The summed E-state index contributed by atoms with van der Waals surface area (Å²) in [6.07, 6.45) is 5.51. The largest absolute Gasteiger partial charge is 0.462 e. The third-order valence-corrected chi connectivity index (χ3v) is 7.81. The standard InChI is InChI=1S/C25H26FN3O3S2/c1-3-15-5-10-18-20(13-15)34-23(22(18)24(31)32-4-2)29-21(30)14-33-25-27-12-11-19(28-25)16-6-8-17(26)9-7-16/h6-9,11-12,15H,3-5,10,13-14H2,1-2H3,(H,29,30). The summed E-state index contributed by atoms with van der Waals surface area (Å²) in [5.41, 5.74) is 2.94. The number of benzene rings is 1. The number of rotatable bonds is 8. The summed E-state index contributed by atoms with van der Waals surface area (Å²) in [5, 5.41) is 3.93. The Labute approximate surface area is 206 Å². The Morgan fingerprint density at radius 3 is 2.76 bits per heavy atom. The number of carbonyl (C=O) groups excluding carboxylic acids is 2. The van der Waals surface area contributed by atoms with Crippen molar-refractivity contribution in [1.82, 2.24) is 9.97 Å². The number of hydrogen-bond donors (Lipinski definition) is 1. The number of nitrogens with one attached hydrogen (secondary N) is 1. The molecule has 0 spiro atoms. The second-order valence-corrected chi connectivity index (χ2v) is 10.1. The molecule has 3 aromatic rings. The molecule has 0 bridgehead atoms. The summed E-state index contributed by atoms with van der Waals surface area (Å²) in [5.74, 6) is -0.238. The van der Waals surface area contributed by atoms with Crippen LogP contribution in [0.15, 0.2) is 41.7 Å². The smallest absolute Gasteiger partial charge is 0.341 e. The predicted molar refractivity (Wildman–Crippen MR) is 133 cm³/mol. The molecule has 34 heavy (non-hydrogen) atoms. The van der Waals surface area contributed by atoms with E-state index in [2.05, 4.69) is 22.2 Å². The SMILES string of the molecule is CCOC(=O)c1c(NC(=O)CSc2nccc(-c3ccc(F)cc3)n2)sc2c1CCC(CC)C2. The van der Waals surface area contributed by atoms with Crippen molar-refractivity contribution < 1.29 is 18.7 Å². The monoisotopic (exact) mass is 499 g/mol. The van der Waals surface area contributed by atoms with Gasteiger partial charge in [0.15, 0.2) is 5.16 Å². The fraction of sp³-hybridized carbons (Fsp3) is 0.360. The first-order chi connectivity index (χ1) is 16.5. The first-order valence-corrected chi connectivity index (χ1v) is 13.1. The number of halogens is 1. The van der Waals surface area contributed by atoms with E-state index in [4.69, 9.17) is 4.74 Å². The van der Waals surface area contributed by atoms with E-state index in [1.54, 1.807) is 31.3 Å². The number of fused-ring (bicyclic) bond motifs is 1. The fourth-order valence-corrected chi connectivity index (χ4v) is 5.99. The van der Waals surface area contributed by atoms with Gasteiger partial charge in [-0.1, -0.05) is 25.1 Å². The molecule has 1 aromatic carbocycles. The van der Waals surface area contributed by atoms with E-state index in [1.165, 1.54) is 40.1 Å². The summed E-state index contributed by atoms with van der Waals surface area (Å²) in [6.45, 7) is 4.24. The highest BCUT2D eigenvalue weighted by Gasteiger charge is 2.29. The topological polar surface area (TPSA) is 81.2 Å². The maximum atomic E-state index is 13.2. The zero-order chi connectivity index (χ0) is 24.1. The summed E-state index contributed by atoms with van der Waals surface area (Å²) in [7, 11) is 0. The van der Waals surface area contributed by atoms with Gasteiger partial charge in [-0.3, -0.25) is 4.79 Å². The zero-order valence-corrected chi connectivity index (χ0v) is 20.7. The molecule has 1 atom stereocenters. The molecule has 1 unspecified atom stereocenters. The lowest BCUT2D eigenvalue weighted by Gasteiger charge is -2.20. The molecule has 1 N–H and O–H groups in total. The van der Waals surface area contributed by atoms with Crippen LogP contribution in [0, 0.1) is 11.7 Å². The summed E-state index contributed by atoms with van der Waals surface area (Å²) >= 11 is 2.69. The Hall–Kier alpha value is -2.78.